The summed E-state index contributed by atoms with van der Waals surface area (Å²) in [6.07, 6.45) is 3.35. The van der Waals surface area contributed by atoms with Crippen LogP contribution in [0.1, 0.15) is 25.7 Å². The molecule has 5 nitrogen and oxygen atoms in total. The number of piperidine rings is 1. The van der Waals surface area contributed by atoms with Crippen molar-refractivity contribution >= 4 is 11.9 Å². The molecule has 0 aromatic rings. The number of likely N-dealkylation sites (tertiary alicyclic amines) is 2. The fraction of sp³-hybridized carbons (Fsp3) is 0.846. The van der Waals surface area contributed by atoms with Crippen LogP contribution in [-0.4, -0.2) is 61.5 Å². The summed E-state index contributed by atoms with van der Waals surface area (Å²) in [6, 6.07) is 0. The Bertz CT molecular complexity index is 311. The molecule has 0 unspecified atom stereocenters. The Hall–Kier alpha value is -1.10. The van der Waals surface area contributed by atoms with Gasteiger partial charge >= 0.3 is 5.97 Å². The third-order valence-electron chi connectivity index (χ3n) is 3.83. The highest BCUT2D eigenvalue weighted by Crippen LogP contribution is 2.17. The maximum atomic E-state index is 11.8. The van der Waals surface area contributed by atoms with E-state index in [-0.39, 0.29) is 17.8 Å². The number of carbonyl (C=O) groups excluding carboxylic acids is 2. The van der Waals surface area contributed by atoms with Crippen LogP contribution < -0.4 is 0 Å². The Morgan fingerprint density at radius 2 is 2.06 bits per heavy atom. The lowest BCUT2D eigenvalue weighted by molar-refractivity contribution is -0.151. The third kappa shape index (κ3) is 3.45. The zero-order chi connectivity index (χ0) is 13.0. The molecule has 2 heterocycles. The summed E-state index contributed by atoms with van der Waals surface area (Å²) in [5, 5.41) is 0. The van der Waals surface area contributed by atoms with Crippen molar-refractivity contribution in [3.8, 4) is 0 Å². The van der Waals surface area contributed by atoms with E-state index in [4.69, 9.17) is 4.74 Å². The summed E-state index contributed by atoms with van der Waals surface area (Å²) in [6.45, 7) is 3.63. The summed E-state index contributed by atoms with van der Waals surface area (Å²) in [5.41, 5.74) is 0. The molecule has 0 aromatic carbocycles. The first kappa shape index (κ1) is 13.3. The van der Waals surface area contributed by atoms with Crippen LogP contribution in [0, 0.1) is 5.92 Å². The fourth-order valence-electron chi connectivity index (χ4n) is 2.56. The Balaban J connectivity index is 1.64. The molecule has 102 valence electrons. The summed E-state index contributed by atoms with van der Waals surface area (Å²) in [7, 11) is 2.07. The predicted molar refractivity (Wildman–Crippen MR) is 67.0 cm³/mol. The molecule has 1 amide bonds. The SMILES string of the molecule is CN1CCC(C(=O)OCCN2CCCC2=O)CC1. The van der Waals surface area contributed by atoms with Gasteiger partial charge in [-0.05, 0) is 39.4 Å². The van der Waals surface area contributed by atoms with Gasteiger partial charge in [0, 0.05) is 13.0 Å². The molecule has 0 saturated carbocycles. The highest BCUT2D eigenvalue weighted by atomic mass is 16.5. The van der Waals surface area contributed by atoms with Gasteiger partial charge in [0.2, 0.25) is 5.91 Å². The molecule has 0 aromatic heterocycles. The Morgan fingerprint density at radius 3 is 2.67 bits per heavy atom. The smallest absolute Gasteiger partial charge is 0.309 e. The third-order valence-corrected chi connectivity index (χ3v) is 3.83. The molecule has 2 rings (SSSR count). The average Bonchev–Trinajstić information content (AvgIpc) is 2.76. The van der Waals surface area contributed by atoms with E-state index < -0.39 is 0 Å². The fourth-order valence-corrected chi connectivity index (χ4v) is 2.56. The molecule has 0 bridgehead atoms. The van der Waals surface area contributed by atoms with E-state index in [0.717, 1.165) is 38.9 Å². The summed E-state index contributed by atoms with van der Waals surface area (Å²) in [4.78, 5) is 27.2. The topological polar surface area (TPSA) is 49.9 Å². The van der Waals surface area contributed by atoms with Gasteiger partial charge in [-0.2, -0.15) is 0 Å². The van der Waals surface area contributed by atoms with Crippen molar-refractivity contribution in [3.63, 3.8) is 0 Å². The molecule has 0 N–H and O–H groups in total. The van der Waals surface area contributed by atoms with Crippen molar-refractivity contribution in [2.24, 2.45) is 5.92 Å². The number of carbonyl (C=O) groups is 2. The Labute approximate surface area is 108 Å². The molecule has 2 fully saturated rings. The van der Waals surface area contributed by atoms with Crippen molar-refractivity contribution in [1.29, 1.82) is 0 Å². The second kappa shape index (κ2) is 6.18. The number of amides is 1. The second-order valence-corrected chi connectivity index (χ2v) is 5.23. The molecule has 2 aliphatic heterocycles. The molecular weight excluding hydrogens is 232 g/mol. The zero-order valence-corrected chi connectivity index (χ0v) is 11.1. The molecule has 2 saturated heterocycles. The first-order chi connectivity index (χ1) is 8.66. The van der Waals surface area contributed by atoms with Gasteiger partial charge in [0.05, 0.1) is 12.5 Å². The van der Waals surface area contributed by atoms with Gasteiger partial charge in [0.25, 0.3) is 0 Å². The van der Waals surface area contributed by atoms with E-state index in [1.807, 2.05) is 0 Å². The van der Waals surface area contributed by atoms with Gasteiger partial charge in [0.15, 0.2) is 0 Å². The quantitative estimate of drug-likeness (QED) is 0.685. The van der Waals surface area contributed by atoms with Crippen LogP contribution in [0.5, 0.6) is 0 Å². The summed E-state index contributed by atoms with van der Waals surface area (Å²) >= 11 is 0. The van der Waals surface area contributed by atoms with Crippen LogP contribution in [0.3, 0.4) is 0 Å². The Kier molecular flexibility index (Phi) is 4.58. The maximum Gasteiger partial charge on any atom is 0.309 e. The molecule has 2 aliphatic rings. The van der Waals surface area contributed by atoms with Gasteiger partial charge in [-0.15, -0.1) is 0 Å². The molecule has 0 atom stereocenters. The van der Waals surface area contributed by atoms with Crippen LogP contribution in [0.25, 0.3) is 0 Å². The second-order valence-electron chi connectivity index (χ2n) is 5.23. The average molecular weight is 254 g/mol. The number of hydrogen-bond acceptors (Lipinski definition) is 4. The van der Waals surface area contributed by atoms with Crippen molar-refractivity contribution in [2.75, 3.05) is 39.8 Å². The maximum absolute atomic E-state index is 11.8. The van der Waals surface area contributed by atoms with Gasteiger partial charge in [-0.25, -0.2) is 0 Å². The van der Waals surface area contributed by atoms with Crippen LogP contribution in [0.2, 0.25) is 0 Å². The van der Waals surface area contributed by atoms with E-state index in [2.05, 4.69) is 11.9 Å². The van der Waals surface area contributed by atoms with E-state index in [1.165, 1.54) is 0 Å². The monoisotopic (exact) mass is 254 g/mol. The first-order valence-corrected chi connectivity index (χ1v) is 6.80. The number of nitrogens with zero attached hydrogens (tertiary/aromatic N) is 2. The van der Waals surface area contributed by atoms with E-state index in [1.54, 1.807) is 4.90 Å². The number of esters is 1. The van der Waals surface area contributed by atoms with Crippen molar-refractivity contribution in [2.45, 2.75) is 25.7 Å². The Morgan fingerprint density at radius 1 is 1.33 bits per heavy atom. The van der Waals surface area contributed by atoms with Gasteiger partial charge in [-0.1, -0.05) is 0 Å². The van der Waals surface area contributed by atoms with E-state index in [9.17, 15) is 9.59 Å². The lowest BCUT2D eigenvalue weighted by Crippen LogP contribution is -2.35. The van der Waals surface area contributed by atoms with Gasteiger partial charge in [-0.3, -0.25) is 9.59 Å². The van der Waals surface area contributed by atoms with Crippen molar-refractivity contribution in [1.82, 2.24) is 9.80 Å². The normalized spacial score (nSPS) is 22.5. The molecule has 18 heavy (non-hydrogen) atoms. The van der Waals surface area contributed by atoms with Crippen LogP contribution in [0.4, 0.5) is 0 Å². The lowest BCUT2D eigenvalue weighted by atomic mass is 9.97. The van der Waals surface area contributed by atoms with Crippen LogP contribution in [0.15, 0.2) is 0 Å². The first-order valence-electron chi connectivity index (χ1n) is 6.80. The molecule has 0 aliphatic carbocycles. The van der Waals surface area contributed by atoms with Crippen molar-refractivity contribution in [3.05, 3.63) is 0 Å². The van der Waals surface area contributed by atoms with Crippen LogP contribution >= 0.6 is 0 Å². The van der Waals surface area contributed by atoms with E-state index >= 15 is 0 Å². The number of rotatable bonds is 4. The molecular formula is C13H22N2O3. The summed E-state index contributed by atoms with van der Waals surface area (Å²) < 4.78 is 5.28. The van der Waals surface area contributed by atoms with Gasteiger partial charge in [0.1, 0.15) is 6.61 Å². The lowest BCUT2D eigenvalue weighted by Gasteiger charge is -2.27. The van der Waals surface area contributed by atoms with Crippen LogP contribution in [-0.2, 0) is 14.3 Å². The minimum absolute atomic E-state index is 0.0514. The minimum Gasteiger partial charge on any atom is -0.464 e. The van der Waals surface area contributed by atoms with E-state index in [0.29, 0.717) is 19.6 Å². The molecule has 0 spiro atoms. The molecule has 5 heteroatoms. The number of ether oxygens (including phenoxy) is 1. The minimum atomic E-state index is -0.0882. The predicted octanol–water partition coefficient (Wildman–Crippen LogP) is 0.494. The standard InChI is InChI=1S/C13H22N2O3/c1-14-7-4-11(5-8-14)13(17)18-10-9-15-6-2-3-12(15)16/h11H,2-10H2,1H3. The van der Waals surface area contributed by atoms with Crippen molar-refractivity contribution < 1.29 is 14.3 Å². The zero-order valence-electron chi connectivity index (χ0n) is 11.1. The number of hydrogen-bond donors (Lipinski definition) is 0. The highest BCUT2D eigenvalue weighted by molar-refractivity contribution is 5.78. The molecule has 0 radical (unpaired) electrons. The largest absolute Gasteiger partial charge is 0.464 e. The van der Waals surface area contributed by atoms with Gasteiger partial charge < -0.3 is 14.5 Å². The summed E-state index contributed by atoms with van der Waals surface area (Å²) in [5.74, 6) is 0.149. The highest BCUT2D eigenvalue weighted by Gasteiger charge is 2.25.